The van der Waals surface area contributed by atoms with Crippen molar-refractivity contribution < 1.29 is 13.9 Å². The highest BCUT2D eigenvalue weighted by atomic mass is 79.9. The van der Waals surface area contributed by atoms with Crippen LogP contribution in [0.5, 0.6) is 0 Å². The monoisotopic (exact) mass is 560 g/mol. The lowest BCUT2D eigenvalue weighted by molar-refractivity contribution is 0.0232. The Hall–Kier alpha value is -2.05. The van der Waals surface area contributed by atoms with Crippen LogP contribution in [0, 0.1) is 23.1 Å². The maximum Gasteiger partial charge on any atom is 0.410 e. The number of hydrogen-bond donors (Lipinski definition) is 0. The molecule has 2 bridgehead atoms. The van der Waals surface area contributed by atoms with E-state index in [9.17, 15) is 4.79 Å². The average Bonchev–Trinajstić information content (AvgIpc) is 3.40. The second-order valence-electron chi connectivity index (χ2n) is 10.6. The number of thioether (sulfide) groups is 1. The van der Waals surface area contributed by atoms with Crippen LogP contribution in [0.4, 0.5) is 14.9 Å². The Morgan fingerprint density at radius 3 is 2.89 bits per heavy atom. The Balaban J connectivity index is 1.59. The van der Waals surface area contributed by atoms with Gasteiger partial charge in [0.15, 0.2) is 5.82 Å². The summed E-state index contributed by atoms with van der Waals surface area (Å²) in [4.78, 5) is 22.0. The number of amides is 1. The van der Waals surface area contributed by atoms with E-state index in [1.165, 1.54) is 5.56 Å². The summed E-state index contributed by atoms with van der Waals surface area (Å²) in [7, 11) is 0. The average molecular weight is 562 g/mol. The van der Waals surface area contributed by atoms with E-state index >= 15 is 4.39 Å². The van der Waals surface area contributed by atoms with E-state index in [4.69, 9.17) is 15.0 Å². The van der Waals surface area contributed by atoms with Crippen LogP contribution < -0.4 is 4.90 Å². The topological polar surface area (TPSA) is 69.5 Å². The first-order chi connectivity index (χ1) is 16.6. The molecule has 3 fully saturated rings. The SMILES string of the molecule is CSc1nc2c(F)c(Br)c(CCC#N)cc2c2c1CCCN2C1C2CC1N(C(=O)OC(C)(C)C)C2. The molecule has 3 atom stereocenters. The first-order valence-electron chi connectivity index (χ1n) is 12.1. The first-order valence-corrected chi connectivity index (χ1v) is 14.2. The minimum atomic E-state index is -0.531. The van der Waals surface area contributed by atoms with Crippen LogP contribution in [0.25, 0.3) is 10.9 Å². The van der Waals surface area contributed by atoms with Gasteiger partial charge in [0.1, 0.15) is 16.1 Å². The number of nitrogens with zero attached hydrogens (tertiary/aromatic N) is 4. The third kappa shape index (κ3) is 4.17. The molecule has 0 N–H and O–H groups in total. The van der Waals surface area contributed by atoms with Crippen LogP contribution in [0.3, 0.4) is 0 Å². The predicted molar refractivity (Wildman–Crippen MR) is 139 cm³/mol. The fourth-order valence-corrected chi connectivity index (χ4v) is 7.03. The molecule has 35 heavy (non-hydrogen) atoms. The van der Waals surface area contributed by atoms with E-state index in [1.54, 1.807) is 11.8 Å². The summed E-state index contributed by atoms with van der Waals surface area (Å²) in [6, 6.07) is 4.47. The third-order valence-electron chi connectivity index (χ3n) is 7.32. The molecule has 1 aliphatic carbocycles. The summed E-state index contributed by atoms with van der Waals surface area (Å²) < 4.78 is 21.7. The van der Waals surface area contributed by atoms with Gasteiger partial charge in [-0.15, -0.1) is 11.8 Å². The Morgan fingerprint density at radius 2 is 2.20 bits per heavy atom. The van der Waals surface area contributed by atoms with Crippen molar-refractivity contribution in [1.82, 2.24) is 9.88 Å². The number of pyridine rings is 1. The first kappa shape index (κ1) is 24.6. The Labute approximate surface area is 218 Å². The minimum Gasteiger partial charge on any atom is -0.444 e. The molecule has 4 aliphatic rings. The molecule has 6 nitrogen and oxygen atoms in total. The van der Waals surface area contributed by atoms with Crippen LogP contribution in [0.1, 0.15) is 51.2 Å². The van der Waals surface area contributed by atoms with E-state index < -0.39 is 5.60 Å². The molecule has 0 spiro atoms. The molecule has 2 saturated heterocycles. The number of rotatable bonds is 4. The highest BCUT2D eigenvalue weighted by Gasteiger charge is 2.57. The number of carbonyl (C=O) groups excluding carboxylic acids is 1. The van der Waals surface area contributed by atoms with Crippen molar-refractivity contribution in [3.8, 4) is 6.07 Å². The number of benzene rings is 1. The lowest BCUT2D eigenvalue weighted by Gasteiger charge is -2.48. The third-order valence-corrected chi connectivity index (χ3v) is 8.90. The lowest BCUT2D eigenvalue weighted by Crippen LogP contribution is -2.57. The van der Waals surface area contributed by atoms with E-state index in [-0.39, 0.29) is 24.0 Å². The van der Waals surface area contributed by atoms with Crippen molar-refractivity contribution in [1.29, 1.82) is 5.26 Å². The number of halogens is 2. The highest BCUT2D eigenvalue weighted by Crippen LogP contribution is 2.50. The van der Waals surface area contributed by atoms with Crippen molar-refractivity contribution in [2.24, 2.45) is 5.92 Å². The van der Waals surface area contributed by atoms with Crippen LogP contribution in [-0.4, -0.2) is 53.0 Å². The molecular weight excluding hydrogens is 531 g/mol. The Kier molecular flexibility index (Phi) is 6.41. The van der Waals surface area contributed by atoms with Gasteiger partial charge in [-0.05, 0) is 80.3 Å². The second kappa shape index (κ2) is 9.11. The van der Waals surface area contributed by atoms with E-state index in [0.29, 0.717) is 35.3 Å². The number of nitriles is 1. The normalized spacial score (nSPS) is 23.2. The van der Waals surface area contributed by atoms with E-state index in [1.807, 2.05) is 38.0 Å². The molecular formula is C26H30BrFN4O2S. The maximum absolute atomic E-state index is 15.6. The predicted octanol–water partition coefficient (Wildman–Crippen LogP) is 6.07. The van der Waals surface area contributed by atoms with Crippen molar-refractivity contribution in [3.63, 3.8) is 0 Å². The molecule has 186 valence electrons. The Morgan fingerprint density at radius 1 is 1.43 bits per heavy atom. The van der Waals surface area contributed by atoms with Crippen molar-refractivity contribution in [2.75, 3.05) is 24.2 Å². The quantitative estimate of drug-likeness (QED) is 0.422. The summed E-state index contributed by atoms with van der Waals surface area (Å²) in [5.41, 5.74) is 2.84. The molecule has 1 aromatic carbocycles. The van der Waals surface area contributed by atoms with Crippen molar-refractivity contribution in [3.05, 3.63) is 27.5 Å². The van der Waals surface area contributed by atoms with Gasteiger partial charge in [-0.3, -0.25) is 0 Å². The second-order valence-corrected chi connectivity index (χ2v) is 12.2. The van der Waals surface area contributed by atoms with Crippen LogP contribution >= 0.6 is 27.7 Å². The van der Waals surface area contributed by atoms with Gasteiger partial charge >= 0.3 is 6.09 Å². The summed E-state index contributed by atoms with van der Waals surface area (Å²) in [6.45, 7) is 7.24. The highest BCUT2D eigenvalue weighted by molar-refractivity contribution is 9.10. The molecule has 1 saturated carbocycles. The van der Waals surface area contributed by atoms with Gasteiger partial charge in [0.25, 0.3) is 0 Å². The molecule has 4 heterocycles. The van der Waals surface area contributed by atoms with Crippen LogP contribution in [-0.2, 0) is 17.6 Å². The smallest absolute Gasteiger partial charge is 0.410 e. The molecule has 6 rings (SSSR count). The van der Waals surface area contributed by atoms with E-state index in [0.717, 1.165) is 47.5 Å². The molecule has 1 aromatic heterocycles. The van der Waals surface area contributed by atoms with Crippen LogP contribution in [0.2, 0.25) is 0 Å². The van der Waals surface area contributed by atoms with Gasteiger partial charge in [0.05, 0.1) is 28.3 Å². The molecule has 3 unspecified atom stereocenters. The summed E-state index contributed by atoms with van der Waals surface area (Å²) in [5.74, 6) is 0.00351. The standard InChI is InChI=1S/C26H30BrFN4O2S/c1-26(2,3)34-25(33)32-13-15-12-18(32)22(15)31-10-6-8-16-23(31)17-11-14(7-5-9-29)19(27)20(28)21(17)30-24(16)35-4/h11,15,18,22H,5-8,10,12-13H2,1-4H3. The maximum atomic E-state index is 15.6. The number of ether oxygens (including phenoxy) is 1. The zero-order valence-electron chi connectivity index (χ0n) is 20.5. The number of aromatic nitrogens is 1. The van der Waals surface area contributed by atoms with Crippen molar-refractivity contribution in [2.45, 2.75) is 75.6 Å². The van der Waals surface area contributed by atoms with Gasteiger partial charge in [-0.25, -0.2) is 14.2 Å². The molecule has 3 aliphatic heterocycles. The summed E-state index contributed by atoms with van der Waals surface area (Å²) in [6.07, 6.45) is 5.40. The van der Waals surface area contributed by atoms with Gasteiger partial charge in [-0.1, -0.05) is 0 Å². The van der Waals surface area contributed by atoms with Gasteiger partial charge in [-0.2, -0.15) is 5.26 Å². The number of hydrogen-bond acceptors (Lipinski definition) is 6. The minimum absolute atomic E-state index is 0.0973. The summed E-state index contributed by atoms with van der Waals surface area (Å²) in [5, 5.41) is 10.8. The molecule has 2 aromatic rings. The summed E-state index contributed by atoms with van der Waals surface area (Å²) >= 11 is 4.97. The molecule has 0 radical (unpaired) electrons. The van der Waals surface area contributed by atoms with Gasteiger partial charge < -0.3 is 14.5 Å². The van der Waals surface area contributed by atoms with Crippen LogP contribution in [0.15, 0.2) is 15.6 Å². The zero-order valence-corrected chi connectivity index (χ0v) is 22.9. The molecule has 1 amide bonds. The number of anilines is 1. The fourth-order valence-electron chi connectivity index (χ4n) is 5.90. The number of fused-ring (bicyclic) bond motifs is 4. The fraction of sp³-hybridized carbons (Fsp3) is 0.577. The lowest BCUT2D eigenvalue weighted by atomic mass is 9.77. The number of carbonyl (C=O) groups is 1. The van der Waals surface area contributed by atoms with E-state index in [2.05, 4.69) is 26.9 Å². The van der Waals surface area contributed by atoms with Gasteiger partial charge in [0, 0.05) is 36.4 Å². The van der Waals surface area contributed by atoms with Crippen molar-refractivity contribution >= 4 is 50.4 Å². The molecule has 9 heteroatoms. The van der Waals surface area contributed by atoms with Gasteiger partial charge in [0.2, 0.25) is 0 Å². The number of aryl methyl sites for hydroxylation is 1. The zero-order chi connectivity index (χ0) is 25.1. The Bertz CT molecular complexity index is 1240. The largest absolute Gasteiger partial charge is 0.444 e.